The van der Waals surface area contributed by atoms with Gasteiger partial charge >= 0.3 is 0 Å². The third kappa shape index (κ3) is 5.70. The van der Waals surface area contributed by atoms with Crippen LogP contribution in [0.15, 0.2) is 0 Å². The molecule has 0 fully saturated rings. The molecule has 0 radical (unpaired) electrons. The normalized spacial score (nSPS) is 14.1. The molecule has 0 saturated heterocycles. The molecule has 0 saturated carbocycles. The molecule has 0 spiro atoms. The van der Waals surface area contributed by atoms with Gasteiger partial charge in [0, 0.05) is 26.6 Å². The van der Waals surface area contributed by atoms with Crippen molar-refractivity contribution in [3.05, 3.63) is 0 Å². The summed E-state index contributed by atoms with van der Waals surface area (Å²) in [5.74, 6) is -0.277. The highest BCUT2D eigenvalue weighted by atomic mass is 16.2. The fraction of sp³-hybridized carbons (Fsp3) is 0.818. The molecular weight excluding hydrogens is 206 g/mol. The number of hydrogen-bond acceptors (Lipinski definition) is 3. The predicted molar refractivity (Wildman–Crippen MR) is 63.8 cm³/mol. The number of carbonyl (C=O) groups is 2. The number of rotatable bonds is 6. The molecule has 5 heteroatoms. The van der Waals surface area contributed by atoms with Gasteiger partial charge in [-0.2, -0.15) is 0 Å². The first-order chi connectivity index (χ1) is 7.38. The van der Waals surface area contributed by atoms with Crippen LogP contribution in [0.3, 0.4) is 0 Å². The topological polar surface area (TPSA) is 75.4 Å². The lowest BCUT2D eigenvalue weighted by Crippen LogP contribution is -2.45. The van der Waals surface area contributed by atoms with E-state index in [0.717, 1.165) is 12.8 Å². The summed E-state index contributed by atoms with van der Waals surface area (Å²) in [6.45, 7) is 3.70. The van der Waals surface area contributed by atoms with Crippen molar-refractivity contribution in [3.63, 3.8) is 0 Å². The Labute approximate surface area is 97.4 Å². The molecule has 0 aliphatic rings. The van der Waals surface area contributed by atoms with Crippen LogP contribution in [0.4, 0.5) is 0 Å². The Hall–Kier alpha value is -1.10. The Balaban J connectivity index is 4.00. The Kier molecular flexibility index (Phi) is 6.72. The molecule has 0 heterocycles. The zero-order valence-electron chi connectivity index (χ0n) is 10.6. The highest BCUT2D eigenvalue weighted by Gasteiger charge is 2.18. The molecule has 5 nitrogen and oxygen atoms in total. The Morgan fingerprint density at radius 3 is 2.38 bits per heavy atom. The van der Waals surface area contributed by atoms with Gasteiger partial charge < -0.3 is 16.0 Å². The summed E-state index contributed by atoms with van der Waals surface area (Å²) < 4.78 is 0. The molecule has 94 valence electrons. The fourth-order valence-electron chi connectivity index (χ4n) is 1.46. The van der Waals surface area contributed by atoms with Crippen molar-refractivity contribution in [1.29, 1.82) is 0 Å². The number of hydrogen-bond donors (Lipinski definition) is 2. The summed E-state index contributed by atoms with van der Waals surface area (Å²) in [6.07, 6.45) is 2.06. The summed E-state index contributed by atoms with van der Waals surface area (Å²) in [6, 6.07) is -0.608. The van der Waals surface area contributed by atoms with Gasteiger partial charge in [0.15, 0.2) is 0 Å². The summed E-state index contributed by atoms with van der Waals surface area (Å²) >= 11 is 0. The first-order valence-corrected chi connectivity index (χ1v) is 5.64. The number of nitrogens with one attached hydrogen (secondary N) is 1. The number of nitrogens with two attached hydrogens (primary N) is 1. The van der Waals surface area contributed by atoms with E-state index in [4.69, 9.17) is 5.73 Å². The fourth-order valence-corrected chi connectivity index (χ4v) is 1.46. The molecule has 2 atom stereocenters. The van der Waals surface area contributed by atoms with Gasteiger partial charge in [0.2, 0.25) is 11.8 Å². The Morgan fingerprint density at radius 2 is 1.94 bits per heavy atom. The lowest BCUT2D eigenvalue weighted by atomic mass is 10.1. The van der Waals surface area contributed by atoms with Gasteiger partial charge in [0.25, 0.3) is 0 Å². The van der Waals surface area contributed by atoms with Gasteiger partial charge in [-0.3, -0.25) is 9.59 Å². The first-order valence-electron chi connectivity index (χ1n) is 5.64. The average molecular weight is 229 g/mol. The minimum absolute atomic E-state index is 0.114. The van der Waals surface area contributed by atoms with Crippen molar-refractivity contribution in [2.45, 2.75) is 45.2 Å². The van der Waals surface area contributed by atoms with Gasteiger partial charge in [-0.1, -0.05) is 13.3 Å². The van der Waals surface area contributed by atoms with Crippen LogP contribution in [0.5, 0.6) is 0 Å². The quantitative estimate of drug-likeness (QED) is 0.678. The van der Waals surface area contributed by atoms with Crippen LogP contribution in [0.25, 0.3) is 0 Å². The van der Waals surface area contributed by atoms with Gasteiger partial charge in [-0.25, -0.2) is 0 Å². The van der Waals surface area contributed by atoms with Crippen LogP contribution in [0, 0.1) is 0 Å². The predicted octanol–water partition coefficient (Wildman–Crippen LogP) is 0.0968. The summed E-state index contributed by atoms with van der Waals surface area (Å²) in [5, 5.41) is 2.64. The van der Waals surface area contributed by atoms with E-state index in [1.807, 2.05) is 6.92 Å². The number of likely N-dealkylation sites (N-methyl/N-ethyl adjacent to an activating group) is 1. The van der Waals surface area contributed by atoms with E-state index in [0.29, 0.717) is 0 Å². The maximum absolute atomic E-state index is 11.5. The lowest BCUT2D eigenvalue weighted by Gasteiger charge is -2.19. The van der Waals surface area contributed by atoms with E-state index < -0.39 is 6.04 Å². The molecule has 0 aromatic carbocycles. The number of nitrogens with zero attached hydrogens (tertiary/aromatic N) is 1. The van der Waals surface area contributed by atoms with E-state index in [1.165, 1.54) is 4.90 Å². The van der Waals surface area contributed by atoms with Crippen molar-refractivity contribution in [2.24, 2.45) is 5.73 Å². The maximum atomic E-state index is 11.5. The molecular formula is C11H23N3O2. The molecule has 0 aliphatic heterocycles. The van der Waals surface area contributed by atoms with Crippen LogP contribution in [-0.2, 0) is 9.59 Å². The molecule has 2 amide bonds. The third-order valence-electron chi connectivity index (χ3n) is 2.30. The first kappa shape index (κ1) is 14.9. The molecule has 0 aromatic rings. The Bertz CT molecular complexity index is 241. The smallest absolute Gasteiger partial charge is 0.244 e. The lowest BCUT2D eigenvalue weighted by molar-refractivity contribution is -0.134. The minimum atomic E-state index is -0.490. The molecule has 0 aromatic heterocycles. The zero-order chi connectivity index (χ0) is 12.7. The summed E-state index contributed by atoms with van der Waals surface area (Å²) in [4.78, 5) is 24.4. The SMILES string of the molecule is CCCC(N)CC(=O)NC(C)C(=O)N(C)C. The number of amides is 2. The standard InChI is InChI=1S/C11H23N3O2/c1-5-6-9(12)7-10(15)13-8(2)11(16)14(3)4/h8-9H,5-7,12H2,1-4H3,(H,13,15). The van der Waals surface area contributed by atoms with E-state index in [1.54, 1.807) is 21.0 Å². The Morgan fingerprint density at radius 1 is 1.38 bits per heavy atom. The molecule has 0 rings (SSSR count). The van der Waals surface area contributed by atoms with Gasteiger partial charge in [0.05, 0.1) is 0 Å². The van der Waals surface area contributed by atoms with Crippen molar-refractivity contribution in [2.75, 3.05) is 14.1 Å². The van der Waals surface area contributed by atoms with Crippen molar-refractivity contribution < 1.29 is 9.59 Å². The van der Waals surface area contributed by atoms with Crippen LogP contribution >= 0.6 is 0 Å². The largest absolute Gasteiger partial charge is 0.347 e. The zero-order valence-corrected chi connectivity index (χ0v) is 10.6. The van der Waals surface area contributed by atoms with Crippen LogP contribution in [0.2, 0.25) is 0 Å². The summed E-state index contributed by atoms with van der Waals surface area (Å²) in [7, 11) is 3.32. The van der Waals surface area contributed by atoms with E-state index in [9.17, 15) is 9.59 Å². The van der Waals surface area contributed by atoms with Gasteiger partial charge in [0.1, 0.15) is 6.04 Å². The van der Waals surface area contributed by atoms with Gasteiger partial charge in [-0.15, -0.1) is 0 Å². The minimum Gasteiger partial charge on any atom is -0.347 e. The van der Waals surface area contributed by atoms with Crippen molar-refractivity contribution in [1.82, 2.24) is 10.2 Å². The van der Waals surface area contributed by atoms with E-state index in [-0.39, 0.29) is 24.3 Å². The highest BCUT2D eigenvalue weighted by Crippen LogP contribution is 1.99. The van der Waals surface area contributed by atoms with E-state index >= 15 is 0 Å². The van der Waals surface area contributed by atoms with E-state index in [2.05, 4.69) is 5.32 Å². The maximum Gasteiger partial charge on any atom is 0.244 e. The van der Waals surface area contributed by atoms with Crippen LogP contribution in [-0.4, -0.2) is 42.9 Å². The van der Waals surface area contributed by atoms with Crippen LogP contribution in [0.1, 0.15) is 33.1 Å². The average Bonchev–Trinajstić information content (AvgIpc) is 2.16. The van der Waals surface area contributed by atoms with Crippen LogP contribution < -0.4 is 11.1 Å². The second-order valence-electron chi connectivity index (χ2n) is 4.27. The molecule has 2 unspecified atom stereocenters. The molecule has 16 heavy (non-hydrogen) atoms. The second kappa shape index (κ2) is 7.22. The van der Waals surface area contributed by atoms with Crippen molar-refractivity contribution >= 4 is 11.8 Å². The third-order valence-corrected chi connectivity index (χ3v) is 2.30. The molecule has 3 N–H and O–H groups in total. The van der Waals surface area contributed by atoms with Crippen molar-refractivity contribution in [3.8, 4) is 0 Å². The molecule has 0 aliphatic carbocycles. The van der Waals surface area contributed by atoms with Gasteiger partial charge in [-0.05, 0) is 13.3 Å². The summed E-state index contributed by atoms with van der Waals surface area (Å²) in [5.41, 5.74) is 5.74. The highest BCUT2D eigenvalue weighted by molar-refractivity contribution is 5.87. The monoisotopic (exact) mass is 229 g/mol. The second-order valence-corrected chi connectivity index (χ2v) is 4.27. The molecule has 0 bridgehead atoms. The number of carbonyl (C=O) groups excluding carboxylic acids is 2.